The van der Waals surface area contributed by atoms with E-state index in [1.807, 2.05) is 48.5 Å². The maximum absolute atomic E-state index is 12.7. The van der Waals surface area contributed by atoms with Crippen molar-refractivity contribution < 1.29 is 14.3 Å². The second-order valence-corrected chi connectivity index (χ2v) is 9.10. The Morgan fingerprint density at radius 2 is 2.10 bits per heavy atom. The van der Waals surface area contributed by atoms with Crippen molar-refractivity contribution in [2.24, 2.45) is 0 Å². The minimum Gasteiger partial charge on any atom is -0.497 e. The van der Waals surface area contributed by atoms with E-state index in [2.05, 4.69) is 10.3 Å². The molecule has 1 aliphatic rings. The maximum Gasteiger partial charge on any atom is 0.266 e. The smallest absolute Gasteiger partial charge is 0.266 e. The molecule has 0 spiro atoms. The Morgan fingerprint density at radius 3 is 2.90 bits per heavy atom. The number of nitrogens with one attached hydrogen (secondary N) is 1. The molecule has 152 valence electrons. The fraction of sp³-hybridized carbons (Fsp3) is 0.143. The van der Waals surface area contributed by atoms with Crippen molar-refractivity contribution in [3.63, 3.8) is 0 Å². The van der Waals surface area contributed by atoms with Crippen molar-refractivity contribution in [3.8, 4) is 5.75 Å². The molecule has 6 nitrogen and oxygen atoms in total. The molecule has 0 unspecified atom stereocenters. The molecule has 3 aromatic rings. The molecule has 0 saturated carbocycles. The molecule has 2 aromatic carbocycles. The molecule has 30 heavy (non-hydrogen) atoms. The van der Waals surface area contributed by atoms with Gasteiger partial charge < -0.3 is 10.1 Å². The number of para-hydroxylation sites is 1. The van der Waals surface area contributed by atoms with Crippen LogP contribution in [0.4, 0.5) is 5.13 Å². The van der Waals surface area contributed by atoms with Crippen molar-refractivity contribution in [1.29, 1.82) is 0 Å². The van der Waals surface area contributed by atoms with Gasteiger partial charge in [0.15, 0.2) is 5.13 Å². The van der Waals surface area contributed by atoms with Crippen LogP contribution in [0.15, 0.2) is 53.4 Å². The van der Waals surface area contributed by atoms with Crippen molar-refractivity contribution in [2.75, 3.05) is 19.0 Å². The van der Waals surface area contributed by atoms with E-state index < -0.39 is 0 Å². The highest BCUT2D eigenvalue weighted by molar-refractivity contribution is 8.26. The van der Waals surface area contributed by atoms with Crippen LogP contribution in [0, 0.1) is 0 Å². The predicted molar refractivity (Wildman–Crippen MR) is 126 cm³/mol. The largest absolute Gasteiger partial charge is 0.497 e. The Balaban J connectivity index is 1.38. The Kier molecular flexibility index (Phi) is 6.12. The van der Waals surface area contributed by atoms with Crippen LogP contribution in [0.3, 0.4) is 0 Å². The van der Waals surface area contributed by atoms with Gasteiger partial charge in [-0.3, -0.25) is 14.5 Å². The Morgan fingerprint density at radius 1 is 1.27 bits per heavy atom. The van der Waals surface area contributed by atoms with Crippen LogP contribution in [0.1, 0.15) is 12.0 Å². The van der Waals surface area contributed by atoms with Crippen LogP contribution < -0.4 is 10.1 Å². The fourth-order valence-electron chi connectivity index (χ4n) is 2.90. The van der Waals surface area contributed by atoms with Crippen LogP contribution in [-0.2, 0) is 9.59 Å². The Labute approximate surface area is 186 Å². The van der Waals surface area contributed by atoms with Crippen molar-refractivity contribution in [2.45, 2.75) is 6.42 Å². The number of aromatic nitrogens is 1. The zero-order chi connectivity index (χ0) is 21.1. The van der Waals surface area contributed by atoms with Crippen LogP contribution in [-0.4, -0.2) is 39.7 Å². The van der Waals surface area contributed by atoms with Crippen molar-refractivity contribution in [3.05, 3.63) is 59.0 Å². The minimum absolute atomic E-state index is 0.134. The van der Waals surface area contributed by atoms with Gasteiger partial charge in [0, 0.05) is 13.0 Å². The van der Waals surface area contributed by atoms with E-state index in [1.165, 1.54) is 28.0 Å². The number of fused-ring (bicyclic) bond motifs is 1. The first-order chi connectivity index (χ1) is 14.5. The minimum atomic E-state index is -0.208. The third kappa shape index (κ3) is 4.53. The van der Waals surface area contributed by atoms with Gasteiger partial charge in [-0.05, 0) is 35.9 Å². The van der Waals surface area contributed by atoms with Gasteiger partial charge in [0.25, 0.3) is 5.91 Å². The number of carbonyl (C=O) groups is 2. The van der Waals surface area contributed by atoms with Gasteiger partial charge in [-0.25, -0.2) is 4.98 Å². The number of nitrogens with zero attached hydrogens (tertiary/aromatic N) is 2. The molecule has 1 aromatic heterocycles. The highest BCUT2D eigenvalue weighted by atomic mass is 32.2. The molecular formula is C21H17N3O3S3. The topological polar surface area (TPSA) is 71.5 Å². The number of carbonyl (C=O) groups excluding carboxylic acids is 2. The molecule has 1 saturated heterocycles. The van der Waals surface area contributed by atoms with Gasteiger partial charge in [-0.2, -0.15) is 0 Å². The summed E-state index contributed by atoms with van der Waals surface area (Å²) < 4.78 is 6.67. The van der Waals surface area contributed by atoms with Gasteiger partial charge in [0.1, 0.15) is 10.1 Å². The molecule has 0 atom stereocenters. The molecule has 0 aliphatic carbocycles. The van der Waals surface area contributed by atoms with Gasteiger partial charge >= 0.3 is 0 Å². The summed E-state index contributed by atoms with van der Waals surface area (Å²) in [6.07, 6.45) is 1.91. The summed E-state index contributed by atoms with van der Waals surface area (Å²) in [5.41, 5.74) is 1.70. The zero-order valence-corrected chi connectivity index (χ0v) is 18.4. The summed E-state index contributed by atoms with van der Waals surface area (Å²) in [6, 6.07) is 15.1. The van der Waals surface area contributed by atoms with Crippen LogP contribution in [0.25, 0.3) is 16.3 Å². The number of thioether (sulfide) groups is 1. The molecule has 1 fully saturated rings. The van der Waals surface area contributed by atoms with E-state index >= 15 is 0 Å². The Hall–Kier alpha value is -2.75. The first-order valence-electron chi connectivity index (χ1n) is 9.08. The fourth-order valence-corrected chi connectivity index (χ4v) is 5.09. The van der Waals surface area contributed by atoms with Crippen molar-refractivity contribution >= 4 is 72.9 Å². The second-order valence-electron chi connectivity index (χ2n) is 6.39. The molecule has 0 bridgehead atoms. The number of anilines is 1. The van der Waals surface area contributed by atoms with E-state index in [9.17, 15) is 9.59 Å². The van der Waals surface area contributed by atoms with Gasteiger partial charge in [-0.15, -0.1) is 0 Å². The first kappa shape index (κ1) is 20.5. The van der Waals surface area contributed by atoms with Gasteiger partial charge in [0.05, 0.1) is 22.2 Å². The summed E-state index contributed by atoms with van der Waals surface area (Å²) in [4.78, 5) is 31.5. The number of benzene rings is 2. The summed E-state index contributed by atoms with van der Waals surface area (Å²) in [6.45, 7) is 0.219. The second kappa shape index (κ2) is 8.95. The number of methoxy groups -OCH3 is 1. The van der Waals surface area contributed by atoms with Crippen LogP contribution >= 0.6 is 35.3 Å². The standard InChI is InChI=1S/C21H17N3O3S3/c1-27-14-6-4-5-13(11-14)12-17-19(26)24(21(28)30-17)10-9-18(25)23-20-22-15-7-2-3-8-16(15)29-20/h2-8,11-12H,9-10H2,1H3,(H,22,23,25). The number of ether oxygens (including phenoxy) is 1. The summed E-state index contributed by atoms with van der Waals surface area (Å²) in [5, 5.41) is 3.35. The van der Waals surface area contributed by atoms with Crippen LogP contribution in [0.2, 0.25) is 0 Å². The lowest BCUT2D eigenvalue weighted by Crippen LogP contribution is -2.31. The maximum atomic E-state index is 12.7. The predicted octanol–water partition coefficient (Wildman–Crippen LogP) is 4.53. The molecule has 4 rings (SSSR count). The van der Waals surface area contributed by atoms with E-state index in [0.717, 1.165) is 15.8 Å². The quantitative estimate of drug-likeness (QED) is 0.435. The van der Waals surface area contributed by atoms with E-state index in [1.54, 1.807) is 13.2 Å². The third-order valence-electron chi connectivity index (χ3n) is 4.37. The first-order valence-corrected chi connectivity index (χ1v) is 11.1. The zero-order valence-electron chi connectivity index (χ0n) is 16.0. The van der Waals surface area contributed by atoms with Crippen LogP contribution in [0.5, 0.6) is 5.75 Å². The molecule has 1 N–H and O–H groups in total. The Bertz CT molecular complexity index is 1140. The third-order valence-corrected chi connectivity index (χ3v) is 6.70. The molecule has 1 aliphatic heterocycles. The van der Waals surface area contributed by atoms with Crippen molar-refractivity contribution in [1.82, 2.24) is 9.88 Å². The number of hydrogen-bond acceptors (Lipinski definition) is 7. The van der Waals surface area contributed by atoms with E-state index in [4.69, 9.17) is 17.0 Å². The average molecular weight is 456 g/mol. The highest BCUT2D eigenvalue weighted by Crippen LogP contribution is 2.33. The number of hydrogen-bond donors (Lipinski definition) is 1. The molecule has 0 radical (unpaired) electrons. The summed E-state index contributed by atoms with van der Waals surface area (Å²) in [7, 11) is 1.60. The number of amides is 2. The highest BCUT2D eigenvalue weighted by Gasteiger charge is 2.32. The van der Waals surface area contributed by atoms with E-state index in [0.29, 0.717) is 20.1 Å². The average Bonchev–Trinajstić information content (AvgIpc) is 3.26. The number of thiazole rings is 1. The molecular weight excluding hydrogens is 438 g/mol. The lowest BCUT2D eigenvalue weighted by atomic mass is 10.2. The van der Waals surface area contributed by atoms with E-state index in [-0.39, 0.29) is 24.8 Å². The lowest BCUT2D eigenvalue weighted by molar-refractivity contribution is -0.122. The molecule has 9 heteroatoms. The lowest BCUT2D eigenvalue weighted by Gasteiger charge is -2.13. The normalized spacial score (nSPS) is 15.2. The monoisotopic (exact) mass is 455 g/mol. The van der Waals surface area contributed by atoms with Gasteiger partial charge in [0.2, 0.25) is 5.91 Å². The summed E-state index contributed by atoms with van der Waals surface area (Å²) >= 11 is 8.00. The molecule has 2 heterocycles. The SMILES string of the molecule is COc1cccc(C=C2SC(=S)N(CCC(=O)Nc3nc4ccccc4s3)C2=O)c1. The number of thiocarbonyl (C=S) groups is 1. The molecule has 2 amide bonds. The number of rotatable bonds is 6. The van der Waals surface area contributed by atoms with Gasteiger partial charge in [-0.1, -0.05) is 59.6 Å². The summed E-state index contributed by atoms with van der Waals surface area (Å²) in [5.74, 6) is 0.311.